The summed E-state index contributed by atoms with van der Waals surface area (Å²) in [6.45, 7) is 0. The molecule has 110 valence electrons. The lowest BCUT2D eigenvalue weighted by atomic mass is 9.92. The van der Waals surface area contributed by atoms with Crippen LogP contribution in [0.25, 0.3) is 27.7 Å². The number of hydrogen-bond donors (Lipinski definition) is 1. The Morgan fingerprint density at radius 1 is 0.783 bits per heavy atom. The zero-order chi connectivity index (χ0) is 15.8. The van der Waals surface area contributed by atoms with Gasteiger partial charge >= 0.3 is 0 Å². The number of hydrogen-bond acceptors (Lipinski definition) is 2. The summed E-state index contributed by atoms with van der Waals surface area (Å²) in [5.74, 6) is -0.310. The number of allylic oxidation sites excluding steroid dienone is 4. The molecule has 1 aliphatic carbocycles. The highest BCUT2D eigenvalue weighted by Gasteiger charge is 2.22. The normalized spacial score (nSPS) is 14.3. The molecule has 2 aromatic carbocycles. The van der Waals surface area contributed by atoms with Gasteiger partial charge in [0.1, 0.15) is 0 Å². The molecule has 3 heteroatoms. The minimum atomic E-state index is -0.163. The van der Waals surface area contributed by atoms with E-state index in [1.54, 1.807) is 0 Å². The average molecular weight is 299 g/mol. The van der Waals surface area contributed by atoms with Crippen LogP contribution in [0.15, 0.2) is 72.8 Å². The third-order valence-corrected chi connectivity index (χ3v) is 3.99. The SMILES string of the molecule is O=C1C=CC(=O)C(c2c(-c3ccccc3)[nH]c3ccccc23)=C1. The summed E-state index contributed by atoms with van der Waals surface area (Å²) in [4.78, 5) is 27.5. The minimum Gasteiger partial charge on any atom is -0.354 e. The van der Waals surface area contributed by atoms with Gasteiger partial charge < -0.3 is 4.98 Å². The fourth-order valence-electron chi connectivity index (χ4n) is 2.95. The van der Waals surface area contributed by atoms with Crippen LogP contribution in [-0.4, -0.2) is 16.6 Å². The Morgan fingerprint density at radius 2 is 1.52 bits per heavy atom. The molecule has 0 fully saturated rings. The first-order valence-corrected chi connectivity index (χ1v) is 7.38. The van der Waals surface area contributed by atoms with Crippen LogP contribution in [0.5, 0.6) is 0 Å². The average Bonchev–Trinajstić information content (AvgIpc) is 2.97. The van der Waals surface area contributed by atoms with Crippen molar-refractivity contribution < 1.29 is 9.59 Å². The van der Waals surface area contributed by atoms with E-state index in [2.05, 4.69) is 4.98 Å². The van der Waals surface area contributed by atoms with Crippen molar-refractivity contribution in [1.29, 1.82) is 0 Å². The molecule has 1 aromatic heterocycles. The van der Waals surface area contributed by atoms with Crippen LogP contribution in [0.1, 0.15) is 5.56 Å². The highest BCUT2D eigenvalue weighted by Crippen LogP contribution is 2.36. The van der Waals surface area contributed by atoms with Crippen LogP contribution in [-0.2, 0) is 9.59 Å². The van der Waals surface area contributed by atoms with Crippen molar-refractivity contribution in [2.45, 2.75) is 0 Å². The van der Waals surface area contributed by atoms with E-state index in [9.17, 15) is 9.59 Å². The molecule has 0 saturated carbocycles. The van der Waals surface area contributed by atoms with E-state index < -0.39 is 0 Å². The van der Waals surface area contributed by atoms with Crippen LogP contribution in [0.2, 0.25) is 0 Å². The Labute approximate surface area is 133 Å². The summed E-state index contributed by atoms with van der Waals surface area (Å²) >= 11 is 0. The van der Waals surface area contributed by atoms with E-state index in [4.69, 9.17) is 0 Å². The Hall–Kier alpha value is -3.20. The molecule has 0 aliphatic heterocycles. The highest BCUT2D eigenvalue weighted by molar-refractivity contribution is 6.36. The number of carbonyl (C=O) groups excluding carboxylic acids is 2. The molecule has 3 nitrogen and oxygen atoms in total. The number of rotatable bonds is 2. The Morgan fingerprint density at radius 3 is 2.35 bits per heavy atom. The van der Waals surface area contributed by atoms with Gasteiger partial charge in [-0.05, 0) is 29.9 Å². The van der Waals surface area contributed by atoms with E-state index in [-0.39, 0.29) is 11.6 Å². The van der Waals surface area contributed by atoms with Gasteiger partial charge in [0.2, 0.25) is 0 Å². The number of fused-ring (bicyclic) bond motifs is 1. The van der Waals surface area contributed by atoms with Gasteiger partial charge in [-0.25, -0.2) is 0 Å². The van der Waals surface area contributed by atoms with Gasteiger partial charge in [0.05, 0.1) is 5.69 Å². The van der Waals surface area contributed by atoms with Crippen LogP contribution in [0.3, 0.4) is 0 Å². The Balaban J connectivity index is 2.05. The van der Waals surface area contributed by atoms with Crippen molar-refractivity contribution in [2.75, 3.05) is 0 Å². The number of H-pyrrole nitrogens is 1. The van der Waals surface area contributed by atoms with Crippen molar-refractivity contribution in [3.8, 4) is 11.3 Å². The number of ketones is 2. The van der Waals surface area contributed by atoms with Gasteiger partial charge in [-0.3, -0.25) is 9.59 Å². The molecule has 4 rings (SSSR count). The van der Waals surface area contributed by atoms with Crippen molar-refractivity contribution in [3.63, 3.8) is 0 Å². The van der Waals surface area contributed by atoms with E-state index >= 15 is 0 Å². The second kappa shape index (κ2) is 5.21. The quantitative estimate of drug-likeness (QED) is 0.729. The molecule has 0 saturated heterocycles. The molecular formula is C20H13NO2. The van der Waals surface area contributed by atoms with Gasteiger partial charge in [0.15, 0.2) is 11.6 Å². The molecule has 1 heterocycles. The maximum absolute atomic E-state index is 12.3. The summed E-state index contributed by atoms with van der Waals surface area (Å²) < 4.78 is 0. The first-order chi connectivity index (χ1) is 11.2. The van der Waals surface area contributed by atoms with Crippen molar-refractivity contribution in [3.05, 3.63) is 78.4 Å². The number of carbonyl (C=O) groups is 2. The molecule has 23 heavy (non-hydrogen) atoms. The van der Waals surface area contributed by atoms with Crippen LogP contribution >= 0.6 is 0 Å². The van der Waals surface area contributed by atoms with Crippen molar-refractivity contribution in [2.24, 2.45) is 0 Å². The van der Waals surface area contributed by atoms with Crippen LogP contribution < -0.4 is 0 Å². The predicted molar refractivity (Wildman–Crippen MR) is 90.9 cm³/mol. The third-order valence-electron chi connectivity index (χ3n) is 3.99. The van der Waals surface area contributed by atoms with Gasteiger partial charge in [0.25, 0.3) is 0 Å². The second-order valence-corrected chi connectivity index (χ2v) is 5.44. The van der Waals surface area contributed by atoms with Crippen LogP contribution in [0, 0.1) is 0 Å². The molecule has 0 atom stereocenters. The summed E-state index contributed by atoms with van der Waals surface area (Å²) in [7, 11) is 0. The molecule has 3 aromatic rings. The topological polar surface area (TPSA) is 49.9 Å². The summed E-state index contributed by atoms with van der Waals surface area (Å²) in [6, 6.07) is 17.6. The first-order valence-electron chi connectivity index (χ1n) is 7.38. The molecule has 0 spiro atoms. The van der Waals surface area contributed by atoms with E-state index in [1.165, 1.54) is 18.2 Å². The van der Waals surface area contributed by atoms with Crippen molar-refractivity contribution in [1.82, 2.24) is 4.98 Å². The fraction of sp³-hybridized carbons (Fsp3) is 0. The zero-order valence-electron chi connectivity index (χ0n) is 12.2. The van der Waals surface area contributed by atoms with Gasteiger partial charge in [-0.2, -0.15) is 0 Å². The maximum Gasteiger partial charge on any atom is 0.186 e. The summed E-state index contributed by atoms with van der Waals surface area (Å²) in [6.07, 6.45) is 4.07. The predicted octanol–water partition coefficient (Wildman–Crippen LogP) is 3.93. The van der Waals surface area contributed by atoms with Crippen molar-refractivity contribution >= 4 is 28.0 Å². The Bertz CT molecular complexity index is 991. The third kappa shape index (κ3) is 2.23. The largest absolute Gasteiger partial charge is 0.354 e. The lowest BCUT2D eigenvalue weighted by molar-refractivity contribution is -0.113. The van der Waals surface area contributed by atoms with Gasteiger partial charge in [-0.15, -0.1) is 0 Å². The minimum absolute atomic E-state index is 0.147. The monoisotopic (exact) mass is 299 g/mol. The number of aromatic amines is 1. The van der Waals surface area contributed by atoms with Crippen LogP contribution in [0.4, 0.5) is 0 Å². The van der Waals surface area contributed by atoms with E-state index in [1.807, 2.05) is 54.6 Å². The summed E-state index contributed by atoms with van der Waals surface area (Å²) in [5, 5.41) is 0.939. The van der Waals surface area contributed by atoms with Gasteiger partial charge in [-0.1, -0.05) is 48.5 Å². The van der Waals surface area contributed by atoms with E-state index in [0.717, 1.165) is 27.7 Å². The zero-order valence-corrected chi connectivity index (χ0v) is 12.2. The molecule has 0 unspecified atom stereocenters. The molecule has 1 N–H and O–H groups in total. The van der Waals surface area contributed by atoms with E-state index in [0.29, 0.717) is 5.57 Å². The molecule has 0 bridgehead atoms. The number of benzene rings is 2. The lowest BCUT2D eigenvalue weighted by Crippen LogP contribution is -2.07. The smallest absolute Gasteiger partial charge is 0.186 e. The Kier molecular flexibility index (Phi) is 3.05. The molecule has 1 aliphatic rings. The number of aromatic nitrogens is 1. The second-order valence-electron chi connectivity index (χ2n) is 5.44. The fourth-order valence-corrected chi connectivity index (χ4v) is 2.95. The number of para-hydroxylation sites is 1. The van der Waals surface area contributed by atoms with Gasteiger partial charge in [0, 0.05) is 22.0 Å². The molecular weight excluding hydrogens is 286 g/mol. The molecule has 0 radical (unpaired) electrons. The standard InChI is InChI=1S/C20H13NO2/c22-14-10-11-18(23)16(12-14)19-15-8-4-5-9-17(15)21-20(19)13-6-2-1-3-7-13/h1-12,21H. The summed E-state index contributed by atoms with van der Waals surface area (Å²) in [5.41, 5.74) is 4.00. The lowest BCUT2D eigenvalue weighted by Gasteiger charge is -2.09. The highest BCUT2D eigenvalue weighted by atomic mass is 16.1. The first kappa shape index (κ1) is 13.5. The molecule has 0 amide bonds. The maximum atomic E-state index is 12.3. The number of nitrogens with one attached hydrogen (secondary N) is 1.